The first kappa shape index (κ1) is 19.0. The van der Waals surface area contributed by atoms with Gasteiger partial charge in [-0.2, -0.15) is 0 Å². The maximum absolute atomic E-state index is 12.1. The van der Waals surface area contributed by atoms with Gasteiger partial charge in [-0.25, -0.2) is 0 Å². The predicted molar refractivity (Wildman–Crippen MR) is 103 cm³/mol. The van der Waals surface area contributed by atoms with Gasteiger partial charge in [-0.1, -0.05) is 43.3 Å². The lowest BCUT2D eigenvalue weighted by atomic mass is 10.0. The molecule has 0 radical (unpaired) electrons. The fourth-order valence-corrected chi connectivity index (χ4v) is 2.73. The normalized spacial score (nSPS) is 10.5. The molecule has 3 heteroatoms. The molecule has 0 unspecified atom stereocenters. The van der Waals surface area contributed by atoms with Crippen molar-refractivity contribution in [1.29, 1.82) is 0 Å². The molecule has 0 spiro atoms. The van der Waals surface area contributed by atoms with Gasteiger partial charge in [0.25, 0.3) is 0 Å². The minimum absolute atomic E-state index is 0.0822. The van der Waals surface area contributed by atoms with E-state index in [1.165, 1.54) is 16.7 Å². The highest BCUT2D eigenvalue weighted by Crippen LogP contribution is 2.19. The third-order valence-electron chi connectivity index (χ3n) is 4.32. The van der Waals surface area contributed by atoms with Crippen LogP contribution in [0.1, 0.15) is 42.0 Å². The van der Waals surface area contributed by atoms with Crippen LogP contribution in [-0.2, 0) is 17.6 Å². The minimum Gasteiger partial charge on any atom is -0.493 e. The van der Waals surface area contributed by atoms with Crippen molar-refractivity contribution in [1.82, 2.24) is 5.32 Å². The third-order valence-corrected chi connectivity index (χ3v) is 4.32. The molecule has 134 valence electrons. The van der Waals surface area contributed by atoms with Crippen LogP contribution in [0.2, 0.25) is 0 Å². The summed E-state index contributed by atoms with van der Waals surface area (Å²) in [7, 11) is 0. The second kappa shape index (κ2) is 9.87. The van der Waals surface area contributed by atoms with E-state index in [0.717, 1.165) is 37.2 Å². The fourth-order valence-electron chi connectivity index (χ4n) is 2.73. The molecule has 0 fully saturated rings. The molecule has 0 saturated heterocycles. The van der Waals surface area contributed by atoms with Gasteiger partial charge in [-0.3, -0.25) is 4.79 Å². The Morgan fingerprint density at radius 3 is 2.64 bits per heavy atom. The number of rotatable bonds is 9. The molecular weight excluding hydrogens is 310 g/mol. The lowest BCUT2D eigenvalue weighted by molar-refractivity contribution is -0.120. The summed E-state index contributed by atoms with van der Waals surface area (Å²) in [4.78, 5) is 12.1. The summed E-state index contributed by atoms with van der Waals surface area (Å²) in [6.07, 6.45) is 3.26. The summed E-state index contributed by atoms with van der Waals surface area (Å²) in [6, 6.07) is 14.3. The summed E-state index contributed by atoms with van der Waals surface area (Å²) >= 11 is 0. The SMILES string of the molecule is CCCOc1ccccc1CCCNC(=O)Cc1ccc(C)c(C)c1. The number of benzene rings is 2. The zero-order chi connectivity index (χ0) is 18.1. The molecule has 0 aliphatic carbocycles. The van der Waals surface area contributed by atoms with Crippen LogP contribution in [0, 0.1) is 13.8 Å². The number of carbonyl (C=O) groups excluding carboxylic acids is 1. The molecule has 0 atom stereocenters. The minimum atomic E-state index is 0.0822. The number of amides is 1. The van der Waals surface area contributed by atoms with Crippen LogP contribution in [0.25, 0.3) is 0 Å². The van der Waals surface area contributed by atoms with Gasteiger partial charge in [0.15, 0.2) is 0 Å². The monoisotopic (exact) mass is 339 g/mol. The third kappa shape index (κ3) is 6.26. The molecule has 0 aromatic heterocycles. The standard InChI is InChI=1S/C22H29NO2/c1-4-14-25-21-10-6-5-8-20(21)9-7-13-23-22(24)16-19-12-11-17(2)18(3)15-19/h5-6,8,10-12,15H,4,7,9,13-14,16H2,1-3H3,(H,23,24). The number of hydrogen-bond acceptors (Lipinski definition) is 2. The highest BCUT2D eigenvalue weighted by molar-refractivity contribution is 5.78. The summed E-state index contributed by atoms with van der Waals surface area (Å²) in [5.74, 6) is 1.05. The second-order valence-electron chi connectivity index (χ2n) is 6.51. The van der Waals surface area contributed by atoms with Crippen molar-refractivity contribution in [2.75, 3.05) is 13.2 Å². The zero-order valence-electron chi connectivity index (χ0n) is 15.6. The smallest absolute Gasteiger partial charge is 0.224 e. The number of carbonyl (C=O) groups is 1. The Morgan fingerprint density at radius 2 is 1.88 bits per heavy atom. The molecule has 2 rings (SSSR count). The molecule has 0 aliphatic rings. The van der Waals surface area contributed by atoms with Gasteiger partial charge in [0.05, 0.1) is 13.0 Å². The number of ether oxygens (including phenoxy) is 1. The largest absolute Gasteiger partial charge is 0.493 e. The maximum atomic E-state index is 12.1. The van der Waals surface area contributed by atoms with Crippen LogP contribution < -0.4 is 10.1 Å². The van der Waals surface area contributed by atoms with E-state index < -0.39 is 0 Å². The van der Waals surface area contributed by atoms with Gasteiger partial charge < -0.3 is 10.1 Å². The molecule has 0 heterocycles. The van der Waals surface area contributed by atoms with E-state index in [4.69, 9.17) is 4.74 Å². The van der Waals surface area contributed by atoms with Crippen LogP contribution in [0.15, 0.2) is 42.5 Å². The van der Waals surface area contributed by atoms with Crippen LogP contribution in [-0.4, -0.2) is 19.1 Å². The first-order valence-corrected chi connectivity index (χ1v) is 9.13. The number of nitrogens with one attached hydrogen (secondary N) is 1. The van der Waals surface area contributed by atoms with Crippen molar-refractivity contribution in [3.8, 4) is 5.75 Å². The van der Waals surface area contributed by atoms with Gasteiger partial charge in [0, 0.05) is 6.54 Å². The van der Waals surface area contributed by atoms with E-state index in [-0.39, 0.29) is 5.91 Å². The van der Waals surface area contributed by atoms with Crippen molar-refractivity contribution in [2.45, 2.75) is 46.5 Å². The first-order chi connectivity index (χ1) is 12.1. The highest BCUT2D eigenvalue weighted by atomic mass is 16.5. The summed E-state index contributed by atoms with van der Waals surface area (Å²) < 4.78 is 5.78. The van der Waals surface area contributed by atoms with Gasteiger partial charge in [0.1, 0.15) is 5.75 Å². The summed E-state index contributed by atoms with van der Waals surface area (Å²) in [6.45, 7) is 7.69. The van der Waals surface area contributed by atoms with Crippen molar-refractivity contribution in [2.24, 2.45) is 0 Å². The second-order valence-corrected chi connectivity index (χ2v) is 6.51. The molecular formula is C22H29NO2. The first-order valence-electron chi connectivity index (χ1n) is 9.13. The van der Waals surface area contributed by atoms with Gasteiger partial charge in [-0.15, -0.1) is 0 Å². The van der Waals surface area contributed by atoms with E-state index in [1.54, 1.807) is 0 Å². The van der Waals surface area contributed by atoms with E-state index in [2.05, 4.69) is 44.3 Å². The van der Waals surface area contributed by atoms with E-state index in [9.17, 15) is 4.79 Å². The Kier molecular flexibility index (Phi) is 7.52. The fraction of sp³-hybridized carbons (Fsp3) is 0.409. The topological polar surface area (TPSA) is 38.3 Å². The Labute approximate surface area is 151 Å². The van der Waals surface area contributed by atoms with Gasteiger partial charge in [0.2, 0.25) is 5.91 Å². The lowest BCUT2D eigenvalue weighted by Crippen LogP contribution is -2.26. The highest BCUT2D eigenvalue weighted by Gasteiger charge is 2.06. The molecule has 0 saturated carbocycles. The predicted octanol–water partition coefficient (Wildman–Crippen LogP) is 4.38. The average Bonchev–Trinajstić information content (AvgIpc) is 2.61. The molecule has 2 aromatic rings. The van der Waals surface area contributed by atoms with Gasteiger partial charge >= 0.3 is 0 Å². The maximum Gasteiger partial charge on any atom is 0.224 e. The Morgan fingerprint density at radius 1 is 1.08 bits per heavy atom. The van der Waals surface area contributed by atoms with E-state index in [0.29, 0.717) is 13.0 Å². The van der Waals surface area contributed by atoms with E-state index in [1.807, 2.05) is 24.3 Å². The van der Waals surface area contributed by atoms with Crippen LogP contribution in [0.3, 0.4) is 0 Å². The molecule has 0 bridgehead atoms. The Bertz CT molecular complexity index is 694. The van der Waals surface area contributed by atoms with Crippen LogP contribution in [0.4, 0.5) is 0 Å². The van der Waals surface area contributed by atoms with Crippen LogP contribution >= 0.6 is 0 Å². The van der Waals surface area contributed by atoms with Crippen molar-refractivity contribution in [3.05, 3.63) is 64.7 Å². The molecule has 0 aliphatic heterocycles. The average molecular weight is 339 g/mol. The molecule has 25 heavy (non-hydrogen) atoms. The lowest BCUT2D eigenvalue weighted by Gasteiger charge is -2.11. The molecule has 2 aromatic carbocycles. The molecule has 1 N–H and O–H groups in total. The summed E-state index contributed by atoms with van der Waals surface area (Å²) in [5.41, 5.74) is 4.76. The molecule has 1 amide bonds. The van der Waals surface area contributed by atoms with Crippen molar-refractivity contribution >= 4 is 5.91 Å². The Balaban J connectivity index is 1.75. The van der Waals surface area contributed by atoms with Crippen LogP contribution in [0.5, 0.6) is 5.75 Å². The molecule has 3 nitrogen and oxygen atoms in total. The number of para-hydroxylation sites is 1. The number of aryl methyl sites for hydroxylation is 3. The zero-order valence-corrected chi connectivity index (χ0v) is 15.6. The summed E-state index contributed by atoms with van der Waals surface area (Å²) in [5, 5.41) is 3.02. The number of hydrogen-bond donors (Lipinski definition) is 1. The van der Waals surface area contributed by atoms with Crippen molar-refractivity contribution < 1.29 is 9.53 Å². The quantitative estimate of drug-likeness (QED) is 0.688. The Hall–Kier alpha value is -2.29. The van der Waals surface area contributed by atoms with Gasteiger partial charge in [-0.05, 0) is 61.4 Å². The van der Waals surface area contributed by atoms with E-state index >= 15 is 0 Å². The van der Waals surface area contributed by atoms with Crippen molar-refractivity contribution in [3.63, 3.8) is 0 Å².